The third-order valence-corrected chi connectivity index (χ3v) is 3.22. The predicted octanol–water partition coefficient (Wildman–Crippen LogP) is 3.39. The van der Waals surface area contributed by atoms with Crippen LogP contribution in [-0.4, -0.2) is 18.2 Å². The summed E-state index contributed by atoms with van der Waals surface area (Å²) >= 11 is 1.66. The van der Waals surface area contributed by atoms with E-state index in [2.05, 4.69) is 5.32 Å². The molecule has 0 aliphatic heterocycles. The van der Waals surface area contributed by atoms with Crippen molar-refractivity contribution in [3.8, 4) is 0 Å². The maximum atomic E-state index is 12.7. The SMILES string of the molecule is CC(C)=CC(=O)NCCCSc1ccc(F)cc1. The Kier molecular flexibility index (Phi) is 6.50. The summed E-state index contributed by atoms with van der Waals surface area (Å²) in [7, 11) is 0. The highest BCUT2D eigenvalue weighted by atomic mass is 32.2. The molecule has 1 rings (SSSR count). The normalized spacial score (nSPS) is 9.94. The molecule has 0 spiro atoms. The molecule has 0 saturated heterocycles. The molecule has 4 heteroatoms. The van der Waals surface area contributed by atoms with E-state index in [1.807, 2.05) is 13.8 Å². The van der Waals surface area contributed by atoms with Gasteiger partial charge in [0.1, 0.15) is 5.82 Å². The second kappa shape index (κ2) is 7.93. The molecular weight excluding hydrogens is 249 g/mol. The lowest BCUT2D eigenvalue weighted by Gasteiger charge is -2.03. The first-order chi connectivity index (χ1) is 8.58. The monoisotopic (exact) mass is 267 g/mol. The number of hydrogen-bond acceptors (Lipinski definition) is 2. The lowest BCUT2D eigenvalue weighted by molar-refractivity contribution is -0.116. The van der Waals surface area contributed by atoms with Crippen LogP contribution < -0.4 is 5.32 Å². The number of hydrogen-bond donors (Lipinski definition) is 1. The van der Waals surface area contributed by atoms with Crippen molar-refractivity contribution in [1.29, 1.82) is 0 Å². The highest BCUT2D eigenvalue weighted by molar-refractivity contribution is 7.99. The van der Waals surface area contributed by atoms with Crippen LogP contribution in [0.3, 0.4) is 0 Å². The molecule has 1 amide bonds. The highest BCUT2D eigenvalue weighted by Gasteiger charge is 1.97. The maximum Gasteiger partial charge on any atom is 0.243 e. The molecule has 1 N–H and O–H groups in total. The van der Waals surface area contributed by atoms with E-state index in [0.717, 1.165) is 22.6 Å². The second-order valence-corrected chi connectivity index (χ2v) is 5.34. The second-order valence-electron chi connectivity index (χ2n) is 4.17. The Morgan fingerprint density at radius 3 is 2.61 bits per heavy atom. The zero-order valence-electron chi connectivity index (χ0n) is 10.7. The third kappa shape index (κ3) is 6.45. The van der Waals surface area contributed by atoms with Crippen molar-refractivity contribution in [2.45, 2.75) is 25.2 Å². The zero-order chi connectivity index (χ0) is 13.4. The molecule has 0 aliphatic carbocycles. The van der Waals surface area contributed by atoms with Crippen LogP contribution in [0.1, 0.15) is 20.3 Å². The van der Waals surface area contributed by atoms with Gasteiger partial charge in [-0.3, -0.25) is 4.79 Å². The van der Waals surface area contributed by atoms with E-state index in [1.165, 1.54) is 12.1 Å². The van der Waals surface area contributed by atoms with Gasteiger partial charge in [-0.1, -0.05) is 5.57 Å². The average molecular weight is 267 g/mol. The van der Waals surface area contributed by atoms with Gasteiger partial charge >= 0.3 is 0 Å². The number of nitrogens with one attached hydrogen (secondary N) is 1. The van der Waals surface area contributed by atoms with Crippen molar-refractivity contribution in [1.82, 2.24) is 5.32 Å². The summed E-state index contributed by atoms with van der Waals surface area (Å²) in [5, 5.41) is 2.82. The van der Waals surface area contributed by atoms with Gasteiger partial charge in [-0.15, -0.1) is 11.8 Å². The molecule has 0 unspecified atom stereocenters. The molecule has 0 heterocycles. The Bertz CT molecular complexity index is 410. The van der Waals surface area contributed by atoms with Gasteiger partial charge in [-0.2, -0.15) is 0 Å². The first-order valence-electron chi connectivity index (χ1n) is 5.89. The Morgan fingerprint density at radius 2 is 2.00 bits per heavy atom. The van der Waals surface area contributed by atoms with Crippen LogP contribution in [0.15, 0.2) is 40.8 Å². The van der Waals surface area contributed by atoms with Gasteiger partial charge in [-0.25, -0.2) is 4.39 Å². The summed E-state index contributed by atoms with van der Waals surface area (Å²) in [6.07, 6.45) is 2.48. The zero-order valence-corrected chi connectivity index (χ0v) is 11.5. The lowest BCUT2D eigenvalue weighted by Crippen LogP contribution is -2.22. The Balaban J connectivity index is 2.14. The average Bonchev–Trinajstić information content (AvgIpc) is 2.30. The molecule has 0 bridgehead atoms. The van der Waals surface area contributed by atoms with Crippen LogP contribution in [-0.2, 0) is 4.79 Å². The van der Waals surface area contributed by atoms with E-state index < -0.39 is 0 Å². The Morgan fingerprint density at radius 1 is 1.33 bits per heavy atom. The van der Waals surface area contributed by atoms with E-state index in [1.54, 1.807) is 30.0 Å². The molecule has 0 fully saturated rings. The number of amides is 1. The molecule has 0 aliphatic rings. The van der Waals surface area contributed by atoms with E-state index in [-0.39, 0.29) is 11.7 Å². The van der Waals surface area contributed by atoms with Gasteiger partial charge in [0.05, 0.1) is 0 Å². The third-order valence-electron chi connectivity index (χ3n) is 2.12. The molecule has 0 radical (unpaired) electrons. The molecule has 0 saturated carbocycles. The lowest BCUT2D eigenvalue weighted by atomic mass is 10.3. The molecule has 0 atom stereocenters. The molecule has 1 aromatic carbocycles. The van der Waals surface area contributed by atoms with Gasteiger partial charge in [0, 0.05) is 17.5 Å². The van der Waals surface area contributed by atoms with Crippen molar-refractivity contribution in [3.05, 3.63) is 41.7 Å². The summed E-state index contributed by atoms with van der Waals surface area (Å²) in [5.41, 5.74) is 0.994. The number of carbonyl (C=O) groups is 1. The van der Waals surface area contributed by atoms with Crippen LogP contribution >= 0.6 is 11.8 Å². The van der Waals surface area contributed by atoms with Crippen LogP contribution in [0.4, 0.5) is 4.39 Å². The van der Waals surface area contributed by atoms with Gasteiger partial charge in [-0.05, 0) is 50.3 Å². The summed E-state index contributed by atoms with van der Waals surface area (Å²) in [4.78, 5) is 12.3. The molecular formula is C14H18FNOS. The van der Waals surface area contributed by atoms with Gasteiger partial charge in [0.15, 0.2) is 0 Å². The minimum absolute atomic E-state index is 0.0400. The fraction of sp³-hybridized carbons (Fsp3) is 0.357. The minimum Gasteiger partial charge on any atom is -0.353 e. The smallest absolute Gasteiger partial charge is 0.243 e. The van der Waals surface area contributed by atoms with Crippen molar-refractivity contribution in [2.24, 2.45) is 0 Å². The van der Waals surface area contributed by atoms with E-state index >= 15 is 0 Å². The summed E-state index contributed by atoms with van der Waals surface area (Å²) in [5.74, 6) is 0.649. The summed E-state index contributed by atoms with van der Waals surface area (Å²) in [6, 6.07) is 6.45. The van der Waals surface area contributed by atoms with Crippen molar-refractivity contribution in [2.75, 3.05) is 12.3 Å². The number of allylic oxidation sites excluding steroid dienone is 1. The largest absolute Gasteiger partial charge is 0.353 e. The standard InChI is InChI=1S/C14H18FNOS/c1-11(2)10-14(17)16-8-3-9-18-13-6-4-12(15)5-7-13/h4-7,10H,3,8-9H2,1-2H3,(H,16,17). The highest BCUT2D eigenvalue weighted by Crippen LogP contribution is 2.18. The Labute approximate surface area is 112 Å². The van der Waals surface area contributed by atoms with Crippen LogP contribution in [0.2, 0.25) is 0 Å². The first kappa shape index (κ1) is 14.8. The molecule has 1 aromatic rings. The van der Waals surface area contributed by atoms with Crippen molar-refractivity contribution < 1.29 is 9.18 Å². The number of halogens is 1. The number of rotatable bonds is 6. The van der Waals surface area contributed by atoms with Crippen molar-refractivity contribution in [3.63, 3.8) is 0 Å². The first-order valence-corrected chi connectivity index (χ1v) is 6.87. The van der Waals surface area contributed by atoms with Gasteiger partial charge in [0.25, 0.3) is 0 Å². The molecule has 98 valence electrons. The molecule has 2 nitrogen and oxygen atoms in total. The predicted molar refractivity (Wildman–Crippen MR) is 74.2 cm³/mol. The molecule has 0 aromatic heterocycles. The fourth-order valence-electron chi connectivity index (χ4n) is 1.32. The Hall–Kier alpha value is -1.29. The van der Waals surface area contributed by atoms with Crippen LogP contribution in [0, 0.1) is 5.82 Å². The fourth-order valence-corrected chi connectivity index (χ4v) is 2.17. The van der Waals surface area contributed by atoms with Crippen LogP contribution in [0.5, 0.6) is 0 Å². The van der Waals surface area contributed by atoms with E-state index in [9.17, 15) is 9.18 Å². The number of carbonyl (C=O) groups excluding carboxylic acids is 1. The summed E-state index contributed by atoms with van der Waals surface area (Å²) < 4.78 is 12.7. The summed E-state index contributed by atoms with van der Waals surface area (Å²) in [6.45, 7) is 4.45. The van der Waals surface area contributed by atoms with Gasteiger partial charge < -0.3 is 5.32 Å². The van der Waals surface area contributed by atoms with E-state index in [0.29, 0.717) is 6.54 Å². The number of benzene rings is 1. The van der Waals surface area contributed by atoms with Gasteiger partial charge in [0.2, 0.25) is 5.91 Å². The van der Waals surface area contributed by atoms with Crippen LogP contribution in [0.25, 0.3) is 0 Å². The quantitative estimate of drug-likeness (QED) is 0.486. The minimum atomic E-state index is -0.215. The topological polar surface area (TPSA) is 29.1 Å². The van der Waals surface area contributed by atoms with Crippen molar-refractivity contribution >= 4 is 17.7 Å². The maximum absolute atomic E-state index is 12.7. The van der Waals surface area contributed by atoms with E-state index in [4.69, 9.17) is 0 Å². The number of thioether (sulfide) groups is 1. The molecule has 18 heavy (non-hydrogen) atoms.